The molecule has 2 N–H and O–H groups in total. The number of amides is 2. The quantitative estimate of drug-likeness (QED) is 0.800. The van der Waals surface area contributed by atoms with Crippen molar-refractivity contribution < 1.29 is 9.21 Å². The summed E-state index contributed by atoms with van der Waals surface area (Å²) in [4.78, 5) is 14.6. The molecule has 3 rings (SSSR count). The summed E-state index contributed by atoms with van der Waals surface area (Å²) >= 11 is 0. The molecule has 8 nitrogen and oxygen atoms in total. The average molecular weight is 346 g/mol. The summed E-state index contributed by atoms with van der Waals surface area (Å²) in [7, 11) is 0. The number of furan rings is 1. The highest BCUT2D eigenvalue weighted by Gasteiger charge is 2.24. The van der Waals surface area contributed by atoms with Gasteiger partial charge in [-0.3, -0.25) is 4.90 Å². The molecule has 1 aliphatic heterocycles. The van der Waals surface area contributed by atoms with E-state index in [1.807, 2.05) is 23.6 Å². The Bertz CT molecular complexity index is 648. The Hall–Kier alpha value is -2.35. The van der Waals surface area contributed by atoms with E-state index in [0.717, 1.165) is 31.2 Å². The van der Waals surface area contributed by atoms with E-state index in [2.05, 4.69) is 25.7 Å². The highest BCUT2D eigenvalue weighted by atomic mass is 16.3. The van der Waals surface area contributed by atoms with Gasteiger partial charge in [-0.1, -0.05) is 6.42 Å². The Morgan fingerprint density at radius 2 is 2.16 bits per heavy atom. The van der Waals surface area contributed by atoms with E-state index in [9.17, 15) is 4.79 Å². The van der Waals surface area contributed by atoms with Gasteiger partial charge < -0.3 is 19.6 Å². The van der Waals surface area contributed by atoms with Gasteiger partial charge in [-0.15, -0.1) is 10.2 Å². The number of likely N-dealkylation sites (tertiary alicyclic amines) is 1. The molecule has 0 saturated carbocycles. The van der Waals surface area contributed by atoms with Gasteiger partial charge >= 0.3 is 6.03 Å². The summed E-state index contributed by atoms with van der Waals surface area (Å²) < 4.78 is 7.50. The van der Waals surface area contributed by atoms with Crippen LogP contribution in [0.1, 0.15) is 43.8 Å². The van der Waals surface area contributed by atoms with Crippen LogP contribution in [0.5, 0.6) is 0 Å². The molecule has 0 aromatic carbocycles. The fourth-order valence-electron chi connectivity index (χ4n) is 3.21. The molecule has 1 saturated heterocycles. The molecule has 1 aliphatic rings. The van der Waals surface area contributed by atoms with Gasteiger partial charge in [0, 0.05) is 13.1 Å². The second kappa shape index (κ2) is 8.66. The first-order valence-electron chi connectivity index (χ1n) is 8.93. The van der Waals surface area contributed by atoms with Gasteiger partial charge in [0.25, 0.3) is 0 Å². The van der Waals surface area contributed by atoms with Crippen LogP contribution in [0.4, 0.5) is 4.79 Å². The number of aryl methyl sites for hydroxylation is 1. The molecule has 0 unspecified atom stereocenters. The van der Waals surface area contributed by atoms with Crippen molar-refractivity contribution in [2.45, 2.75) is 45.3 Å². The average Bonchev–Trinajstić information content (AvgIpc) is 3.32. The van der Waals surface area contributed by atoms with Gasteiger partial charge in [0.05, 0.1) is 18.8 Å². The zero-order valence-electron chi connectivity index (χ0n) is 14.6. The van der Waals surface area contributed by atoms with E-state index in [0.29, 0.717) is 13.1 Å². The smallest absolute Gasteiger partial charge is 0.315 e. The number of piperidine rings is 1. The van der Waals surface area contributed by atoms with Crippen LogP contribution in [-0.2, 0) is 13.1 Å². The normalized spacial score (nSPS) is 16.5. The van der Waals surface area contributed by atoms with E-state index in [-0.39, 0.29) is 12.1 Å². The second-order valence-electron chi connectivity index (χ2n) is 6.22. The maximum atomic E-state index is 12.2. The van der Waals surface area contributed by atoms with Crippen molar-refractivity contribution in [3.8, 4) is 0 Å². The van der Waals surface area contributed by atoms with E-state index in [4.69, 9.17) is 4.42 Å². The van der Waals surface area contributed by atoms with Gasteiger partial charge in [0.1, 0.15) is 12.1 Å². The predicted molar refractivity (Wildman–Crippen MR) is 92.8 cm³/mol. The Labute approximate surface area is 147 Å². The fourth-order valence-corrected chi connectivity index (χ4v) is 3.21. The van der Waals surface area contributed by atoms with Gasteiger partial charge in [-0.05, 0) is 45.0 Å². The molecule has 2 aromatic rings. The molecule has 0 bridgehead atoms. The third-order valence-electron chi connectivity index (χ3n) is 4.60. The summed E-state index contributed by atoms with van der Waals surface area (Å²) in [6.07, 6.45) is 7.00. The first-order valence-corrected chi connectivity index (χ1v) is 8.93. The highest BCUT2D eigenvalue weighted by molar-refractivity contribution is 5.73. The van der Waals surface area contributed by atoms with Crippen LogP contribution in [0.25, 0.3) is 0 Å². The lowest BCUT2D eigenvalue weighted by Crippen LogP contribution is -2.43. The number of aromatic nitrogens is 3. The van der Waals surface area contributed by atoms with E-state index >= 15 is 0 Å². The second-order valence-corrected chi connectivity index (χ2v) is 6.22. The summed E-state index contributed by atoms with van der Waals surface area (Å²) in [6, 6.07) is 3.73. The minimum absolute atomic E-state index is 0.0698. The Balaban J connectivity index is 1.52. The molecule has 136 valence electrons. The molecular weight excluding hydrogens is 320 g/mol. The fraction of sp³-hybridized carbons (Fsp3) is 0.588. The molecule has 0 spiro atoms. The van der Waals surface area contributed by atoms with E-state index in [1.54, 1.807) is 12.6 Å². The number of nitrogens with one attached hydrogen (secondary N) is 2. The van der Waals surface area contributed by atoms with Crippen LogP contribution in [0, 0.1) is 0 Å². The van der Waals surface area contributed by atoms with Crippen molar-refractivity contribution in [1.29, 1.82) is 0 Å². The minimum Gasteiger partial charge on any atom is -0.468 e. The van der Waals surface area contributed by atoms with Crippen molar-refractivity contribution in [3.63, 3.8) is 0 Å². The van der Waals surface area contributed by atoms with Crippen LogP contribution in [0.15, 0.2) is 29.1 Å². The predicted octanol–water partition coefficient (Wildman–Crippen LogP) is 1.92. The Morgan fingerprint density at radius 1 is 1.32 bits per heavy atom. The Morgan fingerprint density at radius 3 is 2.88 bits per heavy atom. The maximum Gasteiger partial charge on any atom is 0.315 e. The van der Waals surface area contributed by atoms with Gasteiger partial charge in [-0.25, -0.2) is 4.79 Å². The van der Waals surface area contributed by atoms with Crippen molar-refractivity contribution >= 4 is 6.03 Å². The number of carbonyl (C=O) groups is 1. The number of carbonyl (C=O) groups excluding carboxylic acids is 1. The molecule has 1 fully saturated rings. The molecule has 2 aromatic heterocycles. The number of rotatable bonds is 7. The van der Waals surface area contributed by atoms with Gasteiger partial charge in [-0.2, -0.15) is 0 Å². The maximum absolute atomic E-state index is 12.2. The molecule has 0 radical (unpaired) electrons. The molecule has 8 heteroatoms. The topological polar surface area (TPSA) is 88.2 Å². The van der Waals surface area contributed by atoms with E-state index < -0.39 is 0 Å². The van der Waals surface area contributed by atoms with Gasteiger partial charge in [0.15, 0.2) is 5.82 Å². The number of hydrogen-bond acceptors (Lipinski definition) is 5. The molecular formula is C17H26N6O2. The number of urea groups is 1. The van der Waals surface area contributed by atoms with Crippen molar-refractivity contribution in [1.82, 2.24) is 30.3 Å². The summed E-state index contributed by atoms with van der Waals surface area (Å²) in [6.45, 7) is 5.73. The standard InChI is InChI=1S/C17H26N6O2/c1-2-22-13-20-21-16(22)12-19-17(24)18-11-14(15-7-6-10-25-15)23-8-4-3-5-9-23/h6-7,10,13-14H,2-5,8-9,11-12H2,1H3,(H2,18,19,24)/t14-/m0/s1. The third-order valence-corrected chi connectivity index (χ3v) is 4.60. The van der Waals surface area contributed by atoms with Crippen LogP contribution in [-0.4, -0.2) is 45.3 Å². The van der Waals surface area contributed by atoms with E-state index in [1.165, 1.54) is 19.3 Å². The largest absolute Gasteiger partial charge is 0.468 e. The van der Waals surface area contributed by atoms with Crippen molar-refractivity contribution in [2.24, 2.45) is 0 Å². The van der Waals surface area contributed by atoms with Crippen molar-refractivity contribution in [3.05, 3.63) is 36.3 Å². The Kier molecular flexibility index (Phi) is 6.05. The lowest BCUT2D eigenvalue weighted by Gasteiger charge is -2.33. The van der Waals surface area contributed by atoms with Crippen LogP contribution in [0.2, 0.25) is 0 Å². The molecule has 3 heterocycles. The molecule has 0 aliphatic carbocycles. The molecule has 2 amide bonds. The van der Waals surface area contributed by atoms with Gasteiger partial charge in [0.2, 0.25) is 0 Å². The first-order chi connectivity index (χ1) is 12.3. The zero-order valence-corrected chi connectivity index (χ0v) is 14.6. The zero-order chi connectivity index (χ0) is 17.5. The molecule has 25 heavy (non-hydrogen) atoms. The first kappa shape index (κ1) is 17.5. The monoisotopic (exact) mass is 346 g/mol. The third kappa shape index (κ3) is 4.60. The molecule has 1 atom stereocenters. The lowest BCUT2D eigenvalue weighted by molar-refractivity contribution is 0.143. The highest BCUT2D eigenvalue weighted by Crippen LogP contribution is 2.24. The summed E-state index contributed by atoms with van der Waals surface area (Å²) in [5.74, 6) is 1.64. The van der Waals surface area contributed by atoms with Crippen LogP contribution < -0.4 is 10.6 Å². The minimum atomic E-state index is -0.209. The summed E-state index contributed by atoms with van der Waals surface area (Å²) in [5, 5.41) is 13.7. The van der Waals surface area contributed by atoms with Crippen LogP contribution in [0.3, 0.4) is 0 Å². The SMILES string of the molecule is CCn1cnnc1CNC(=O)NC[C@@H](c1ccco1)N1CCCCC1. The van der Waals surface area contributed by atoms with Crippen LogP contribution >= 0.6 is 0 Å². The summed E-state index contributed by atoms with van der Waals surface area (Å²) in [5.41, 5.74) is 0. The number of nitrogens with zero attached hydrogens (tertiary/aromatic N) is 4. The number of hydrogen-bond donors (Lipinski definition) is 2. The lowest BCUT2D eigenvalue weighted by atomic mass is 10.1. The van der Waals surface area contributed by atoms with Crippen molar-refractivity contribution in [2.75, 3.05) is 19.6 Å².